The summed E-state index contributed by atoms with van der Waals surface area (Å²) in [7, 11) is 0.457. The molecule has 0 saturated heterocycles. The van der Waals surface area contributed by atoms with E-state index < -0.39 is 10.8 Å². The summed E-state index contributed by atoms with van der Waals surface area (Å²) in [5.74, 6) is 0. The molecule has 0 radical (unpaired) electrons. The lowest BCUT2D eigenvalue weighted by Gasteiger charge is -2.11. The normalized spacial score (nSPS) is 15.0. The lowest BCUT2D eigenvalue weighted by molar-refractivity contribution is 0.202. The number of rotatable bonds is 4. The number of pyridine rings is 1. The molecule has 0 aliphatic carbocycles. The van der Waals surface area contributed by atoms with Crippen LogP contribution in [0.2, 0.25) is 0 Å². The second-order valence-electron chi connectivity index (χ2n) is 2.98. The molecular weight excluding hydrogens is 200 g/mol. The van der Waals surface area contributed by atoms with Crippen molar-refractivity contribution in [1.82, 2.24) is 4.98 Å². The van der Waals surface area contributed by atoms with Crippen LogP contribution in [-0.4, -0.2) is 28.2 Å². The van der Waals surface area contributed by atoms with E-state index in [4.69, 9.17) is 10.5 Å². The van der Waals surface area contributed by atoms with Crippen molar-refractivity contribution in [3.8, 4) is 0 Å². The van der Waals surface area contributed by atoms with Gasteiger partial charge in [-0.1, -0.05) is 0 Å². The molecule has 0 spiro atoms. The number of anilines is 1. The van der Waals surface area contributed by atoms with Crippen LogP contribution in [0.3, 0.4) is 0 Å². The van der Waals surface area contributed by atoms with Gasteiger partial charge in [-0.15, -0.1) is 0 Å². The number of hydrogen-bond acceptors (Lipinski definition) is 4. The molecule has 0 aliphatic heterocycles. The van der Waals surface area contributed by atoms with Gasteiger partial charge in [0.15, 0.2) is 0 Å². The van der Waals surface area contributed by atoms with Crippen LogP contribution in [0.4, 0.5) is 5.69 Å². The van der Waals surface area contributed by atoms with Crippen molar-refractivity contribution in [3.63, 3.8) is 0 Å². The van der Waals surface area contributed by atoms with Gasteiger partial charge in [0.2, 0.25) is 0 Å². The van der Waals surface area contributed by atoms with Gasteiger partial charge in [-0.05, 0) is 13.0 Å². The summed E-state index contributed by atoms with van der Waals surface area (Å²) in [6, 6.07) is 1.68. The fourth-order valence-electron chi connectivity index (χ4n) is 1.09. The van der Waals surface area contributed by atoms with Crippen LogP contribution in [0.15, 0.2) is 23.4 Å². The standard InChI is InChI=1S/C9H14N2O2S/c1-7(6-13-2)14(12)9-3-4-11-5-8(9)10/h3-5,7H,6,10H2,1-2H3. The summed E-state index contributed by atoms with van der Waals surface area (Å²) in [6.45, 7) is 2.31. The Kier molecular flexibility index (Phi) is 4.03. The van der Waals surface area contributed by atoms with E-state index in [0.29, 0.717) is 17.2 Å². The minimum absolute atomic E-state index is 0.0651. The van der Waals surface area contributed by atoms with E-state index in [-0.39, 0.29) is 5.25 Å². The fraction of sp³-hybridized carbons (Fsp3) is 0.444. The van der Waals surface area contributed by atoms with Crippen LogP contribution in [0, 0.1) is 0 Å². The molecule has 0 amide bonds. The van der Waals surface area contributed by atoms with Crippen molar-refractivity contribution in [3.05, 3.63) is 18.5 Å². The van der Waals surface area contributed by atoms with Crippen molar-refractivity contribution >= 4 is 16.5 Å². The van der Waals surface area contributed by atoms with Gasteiger partial charge in [0.1, 0.15) is 0 Å². The molecule has 1 heterocycles. The second kappa shape index (κ2) is 5.07. The highest BCUT2D eigenvalue weighted by Crippen LogP contribution is 2.17. The van der Waals surface area contributed by atoms with E-state index in [1.807, 2.05) is 6.92 Å². The van der Waals surface area contributed by atoms with Crippen molar-refractivity contribution in [1.29, 1.82) is 0 Å². The molecule has 0 aromatic carbocycles. The van der Waals surface area contributed by atoms with Gasteiger partial charge in [-0.3, -0.25) is 9.19 Å². The second-order valence-corrected chi connectivity index (χ2v) is 4.82. The minimum atomic E-state index is -1.13. The molecule has 5 heteroatoms. The number of nitrogens with two attached hydrogens (primary N) is 1. The van der Waals surface area contributed by atoms with Crippen LogP contribution >= 0.6 is 0 Å². The number of nitrogen functional groups attached to an aromatic ring is 1. The zero-order valence-electron chi connectivity index (χ0n) is 8.27. The number of hydrogen-bond donors (Lipinski definition) is 1. The summed E-state index contributed by atoms with van der Waals surface area (Å²) in [6.07, 6.45) is 3.09. The molecule has 2 atom stereocenters. The Morgan fingerprint density at radius 3 is 3.00 bits per heavy atom. The average molecular weight is 214 g/mol. The van der Waals surface area contributed by atoms with Crippen LogP contribution in [0.5, 0.6) is 0 Å². The molecule has 14 heavy (non-hydrogen) atoms. The van der Waals surface area contributed by atoms with Gasteiger partial charge in [0.05, 0.1) is 39.4 Å². The first-order valence-corrected chi connectivity index (χ1v) is 5.47. The predicted molar refractivity (Wildman–Crippen MR) is 56.4 cm³/mol. The van der Waals surface area contributed by atoms with Crippen LogP contribution in [0.1, 0.15) is 6.92 Å². The maximum absolute atomic E-state index is 11.9. The largest absolute Gasteiger partial charge is 0.396 e. The first-order valence-electron chi connectivity index (χ1n) is 4.25. The molecule has 0 saturated carbocycles. The third-order valence-electron chi connectivity index (χ3n) is 1.79. The molecule has 0 bridgehead atoms. The molecule has 2 N–H and O–H groups in total. The minimum Gasteiger partial charge on any atom is -0.396 e. The highest BCUT2D eigenvalue weighted by atomic mass is 32.2. The molecule has 78 valence electrons. The maximum atomic E-state index is 11.9. The first-order chi connectivity index (χ1) is 6.66. The number of aromatic nitrogens is 1. The Balaban J connectivity index is 2.84. The Morgan fingerprint density at radius 2 is 2.43 bits per heavy atom. The van der Waals surface area contributed by atoms with Crippen LogP contribution < -0.4 is 5.73 Å². The molecule has 4 nitrogen and oxygen atoms in total. The molecule has 1 rings (SSSR count). The highest BCUT2D eigenvalue weighted by molar-refractivity contribution is 7.85. The Morgan fingerprint density at radius 1 is 1.71 bits per heavy atom. The third kappa shape index (κ3) is 2.52. The van der Waals surface area contributed by atoms with Crippen LogP contribution in [-0.2, 0) is 15.5 Å². The van der Waals surface area contributed by atoms with Crippen molar-refractivity contribution in [2.24, 2.45) is 0 Å². The van der Waals surface area contributed by atoms with E-state index in [9.17, 15) is 4.21 Å². The monoisotopic (exact) mass is 214 g/mol. The summed E-state index contributed by atoms with van der Waals surface area (Å²) in [5, 5.41) is -0.0651. The molecule has 1 aromatic rings. The first kappa shape index (κ1) is 11.1. The highest BCUT2D eigenvalue weighted by Gasteiger charge is 2.15. The van der Waals surface area contributed by atoms with Gasteiger partial charge in [-0.25, -0.2) is 0 Å². The van der Waals surface area contributed by atoms with Crippen molar-refractivity contribution in [2.75, 3.05) is 19.5 Å². The van der Waals surface area contributed by atoms with E-state index in [2.05, 4.69) is 4.98 Å². The maximum Gasteiger partial charge on any atom is 0.0664 e. The molecule has 0 fully saturated rings. The van der Waals surface area contributed by atoms with E-state index in [1.54, 1.807) is 19.4 Å². The fourth-order valence-corrected chi connectivity index (χ4v) is 2.26. The lowest BCUT2D eigenvalue weighted by atomic mass is 10.4. The SMILES string of the molecule is COCC(C)S(=O)c1ccncc1N. The zero-order chi connectivity index (χ0) is 10.6. The smallest absolute Gasteiger partial charge is 0.0664 e. The average Bonchev–Trinajstić information content (AvgIpc) is 2.18. The quantitative estimate of drug-likeness (QED) is 0.805. The Hall–Kier alpha value is -0.940. The molecule has 1 aromatic heterocycles. The third-order valence-corrected chi connectivity index (χ3v) is 3.47. The van der Waals surface area contributed by atoms with Gasteiger partial charge in [0.25, 0.3) is 0 Å². The number of methoxy groups -OCH3 is 1. The van der Waals surface area contributed by atoms with Gasteiger partial charge < -0.3 is 10.5 Å². The Bertz CT molecular complexity index is 330. The summed E-state index contributed by atoms with van der Waals surface area (Å²) < 4.78 is 16.8. The number of nitrogens with zero attached hydrogens (tertiary/aromatic N) is 1. The zero-order valence-corrected chi connectivity index (χ0v) is 9.08. The summed E-state index contributed by atoms with van der Waals surface area (Å²) >= 11 is 0. The van der Waals surface area contributed by atoms with Gasteiger partial charge in [-0.2, -0.15) is 0 Å². The van der Waals surface area contributed by atoms with Crippen molar-refractivity contribution < 1.29 is 8.95 Å². The van der Waals surface area contributed by atoms with Crippen LogP contribution in [0.25, 0.3) is 0 Å². The van der Waals surface area contributed by atoms with Crippen molar-refractivity contribution in [2.45, 2.75) is 17.1 Å². The summed E-state index contributed by atoms with van der Waals surface area (Å²) in [4.78, 5) is 4.47. The molecule has 0 aliphatic rings. The molecule has 2 unspecified atom stereocenters. The Labute approximate surface area is 85.9 Å². The topological polar surface area (TPSA) is 65.2 Å². The van der Waals surface area contributed by atoms with Gasteiger partial charge >= 0.3 is 0 Å². The van der Waals surface area contributed by atoms with E-state index in [0.717, 1.165) is 0 Å². The number of ether oxygens (including phenoxy) is 1. The lowest BCUT2D eigenvalue weighted by Crippen LogP contribution is -2.18. The van der Waals surface area contributed by atoms with Gasteiger partial charge in [0, 0.05) is 13.3 Å². The van der Waals surface area contributed by atoms with E-state index in [1.165, 1.54) is 6.20 Å². The predicted octanol–water partition coefficient (Wildman–Crippen LogP) is 0.806. The van der Waals surface area contributed by atoms with E-state index >= 15 is 0 Å². The summed E-state index contributed by atoms with van der Waals surface area (Å²) in [5.41, 5.74) is 6.13. The molecular formula is C9H14N2O2S.